The molecule has 4 rings (SSSR count). The molecule has 2 aromatic carbocycles. The Morgan fingerprint density at radius 1 is 0.960 bits per heavy atom. The zero-order chi connectivity index (χ0) is 17.2. The molecule has 0 atom stereocenters. The van der Waals surface area contributed by atoms with Gasteiger partial charge in [0.15, 0.2) is 0 Å². The molecule has 5 heteroatoms. The monoisotopic (exact) mass is 417 g/mol. The quantitative estimate of drug-likeness (QED) is 0.651. The van der Waals surface area contributed by atoms with Crippen molar-refractivity contribution in [3.05, 3.63) is 69.3 Å². The van der Waals surface area contributed by atoms with Crippen molar-refractivity contribution in [3.63, 3.8) is 0 Å². The molecule has 0 amide bonds. The highest BCUT2D eigenvalue weighted by molar-refractivity contribution is 9.10. The molecule has 0 spiro atoms. The molecule has 0 unspecified atom stereocenters. The number of piperazine rings is 1. The highest BCUT2D eigenvalue weighted by Gasteiger charge is 2.18. The average molecular weight is 419 g/mol. The molecule has 1 aromatic heterocycles. The predicted octanol–water partition coefficient (Wildman–Crippen LogP) is 4.90. The third kappa shape index (κ3) is 4.09. The molecular weight excluding hydrogens is 398 g/mol. The van der Waals surface area contributed by atoms with Gasteiger partial charge in [-0.2, -0.15) is 0 Å². The first-order chi connectivity index (χ1) is 12.2. The van der Waals surface area contributed by atoms with Gasteiger partial charge in [-0.1, -0.05) is 45.7 Å². The van der Waals surface area contributed by atoms with Crippen molar-refractivity contribution in [1.29, 1.82) is 0 Å². The molecule has 1 aliphatic rings. The van der Waals surface area contributed by atoms with Crippen molar-refractivity contribution in [2.24, 2.45) is 0 Å². The second kappa shape index (κ2) is 7.50. The van der Waals surface area contributed by atoms with Crippen LogP contribution in [0, 0.1) is 0 Å². The molecule has 0 radical (unpaired) electrons. The molecule has 3 nitrogen and oxygen atoms in total. The number of fused-ring (bicyclic) bond motifs is 1. The second-order valence-corrected chi connectivity index (χ2v) is 8.04. The fourth-order valence-electron chi connectivity index (χ4n) is 3.53. The van der Waals surface area contributed by atoms with Crippen LogP contribution in [-0.4, -0.2) is 41.0 Å². The van der Waals surface area contributed by atoms with Gasteiger partial charge in [-0.3, -0.25) is 9.80 Å². The molecule has 3 aromatic rings. The van der Waals surface area contributed by atoms with Gasteiger partial charge in [-0.15, -0.1) is 0 Å². The summed E-state index contributed by atoms with van der Waals surface area (Å²) in [5.74, 6) is 0. The van der Waals surface area contributed by atoms with Gasteiger partial charge in [0.25, 0.3) is 0 Å². The third-order valence-corrected chi connectivity index (χ3v) is 5.61. The molecule has 1 N–H and O–H groups in total. The zero-order valence-electron chi connectivity index (χ0n) is 14.0. The maximum atomic E-state index is 6.09. The van der Waals surface area contributed by atoms with Crippen LogP contribution in [0.5, 0.6) is 0 Å². The van der Waals surface area contributed by atoms with Crippen molar-refractivity contribution in [2.45, 2.75) is 13.1 Å². The molecule has 1 aliphatic heterocycles. The lowest BCUT2D eigenvalue weighted by atomic mass is 10.1. The normalized spacial score (nSPS) is 16.6. The molecule has 130 valence electrons. The van der Waals surface area contributed by atoms with Gasteiger partial charge in [0.05, 0.1) is 0 Å². The summed E-state index contributed by atoms with van der Waals surface area (Å²) in [4.78, 5) is 8.43. The number of hydrogen-bond donors (Lipinski definition) is 1. The topological polar surface area (TPSA) is 22.3 Å². The Bertz CT molecular complexity index is 868. The van der Waals surface area contributed by atoms with Gasteiger partial charge in [0.1, 0.15) is 0 Å². The Balaban J connectivity index is 1.35. The number of nitrogens with zero attached hydrogens (tertiary/aromatic N) is 2. The van der Waals surface area contributed by atoms with E-state index in [2.05, 4.69) is 67.2 Å². The Labute approximate surface area is 161 Å². The van der Waals surface area contributed by atoms with E-state index in [0.717, 1.165) is 48.8 Å². The van der Waals surface area contributed by atoms with Crippen LogP contribution in [0.3, 0.4) is 0 Å². The van der Waals surface area contributed by atoms with Crippen LogP contribution in [0.2, 0.25) is 5.02 Å². The molecule has 1 saturated heterocycles. The van der Waals surface area contributed by atoms with E-state index in [1.165, 1.54) is 22.0 Å². The van der Waals surface area contributed by atoms with E-state index in [9.17, 15) is 0 Å². The summed E-state index contributed by atoms with van der Waals surface area (Å²) >= 11 is 9.62. The molecule has 0 aliphatic carbocycles. The summed E-state index contributed by atoms with van der Waals surface area (Å²) < 4.78 is 1.11. The lowest BCUT2D eigenvalue weighted by Gasteiger charge is -2.34. The van der Waals surface area contributed by atoms with Crippen molar-refractivity contribution < 1.29 is 0 Å². The van der Waals surface area contributed by atoms with Gasteiger partial charge in [-0.05, 0) is 35.4 Å². The molecule has 1 fully saturated rings. The Kier molecular flexibility index (Phi) is 5.13. The van der Waals surface area contributed by atoms with Crippen molar-refractivity contribution in [1.82, 2.24) is 14.8 Å². The largest absolute Gasteiger partial charge is 0.361 e. The van der Waals surface area contributed by atoms with Gasteiger partial charge in [-0.25, -0.2) is 0 Å². The van der Waals surface area contributed by atoms with E-state index in [0.29, 0.717) is 0 Å². The molecule has 0 bridgehead atoms. The van der Waals surface area contributed by atoms with E-state index < -0.39 is 0 Å². The SMILES string of the molecule is Clc1cccc(CN2CCN(Cc3c[nH]c4cc(Br)ccc34)CC2)c1. The number of benzene rings is 2. The lowest BCUT2D eigenvalue weighted by Crippen LogP contribution is -2.45. The maximum absolute atomic E-state index is 6.09. The fourth-order valence-corrected chi connectivity index (χ4v) is 4.10. The zero-order valence-corrected chi connectivity index (χ0v) is 16.4. The summed E-state index contributed by atoms with van der Waals surface area (Å²) in [6.45, 7) is 6.39. The van der Waals surface area contributed by atoms with Crippen LogP contribution >= 0.6 is 27.5 Å². The van der Waals surface area contributed by atoms with Crippen LogP contribution in [0.1, 0.15) is 11.1 Å². The Hall–Kier alpha value is -1.33. The summed E-state index contributed by atoms with van der Waals surface area (Å²) in [6, 6.07) is 14.6. The summed E-state index contributed by atoms with van der Waals surface area (Å²) in [6.07, 6.45) is 2.15. The minimum atomic E-state index is 0.821. The van der Waals surface area contributed by atoms with Crippen LogP contribution in [0.4, 0.5) is 0 Å². The molecule has 2 heterocycles. The highest BCUT2D eigenvalue weighted by atomic mass is 79.9. The lowest BCUT2D eigenvalue weighted by molar-refractivity contribution is 0.122. The number of aromatic amines is 1. The maximum Gasteiger partial charge on any atom is 0.0468 e. The molecule has 0 saturated carbocycles. The van der Waals surface area contributed by atoms with E-state index in [4.69, 9.17) is 11.6 Å². The minimum Gasteiger partial charge on any atom is -0.361 e. The van der Waals surface area contributed by atoms with Crippen molar-refractivity contribution >= 4 is 38.4 Å². The van der Waals surface area contributed by atoms with E-state index >= 15 is 0 Å². The average Bonchev–Trinajstić information content (AvgIpc) is 2.98. The molecule has 25 heavy (non-hydrogen) atoms. The molecular formula is C20H21BrClN3. The van der Waals surface area contributed by atoms with Crippen LogP contribution in [0.15, 0.2) is 53.1 Å². The number of H-pyrrole nitrogens is 1. The van der Waals surface area contributed by atoms with Gasteiger partial charge >= 0.3 is 0 Å². The second-order valence-electron chi connectivity index (χ2n) is 6.69. The van der Waals surface area contributed by atoms with E-state index in [1.807, 2.05) is 12.1 Å². The standard InChI is InChI=1S/C20H21BrClN3/c21-17-4-5-19-16(12-23-20(19)11-17)14-25-8-6-24(7-9-25)13-15-2-1-3-18(22)10-15/h1-5,10-12,23H,6-9,13-14H2. The van der Waals surface area contributed by atoms with Gasteiger partial charge in [0.2, 0.25) is 0 Å². The van der Waals surface area contributed by atoms with Crippen LogP contribution < -0.4 is 0 Å². The van der Waals surface area contributed by atoms with E-state index in [1.54, 1.807) is 0 Å². The first-order valence-electron chi connectivity index (χ1n) is 8.62. The minimum absolute atomic E-state index is 0.821. The summed E-state index contributed by atoms with van der Waals surface area (Å²) in [5.41, 5.74) is 3.87. The first kappa shape index (κ1) is 17.1. The Morgan fingerprint density at radius 2 is 1.72 bits per heavy atom. The van der Waals surface area contributed by atoms with Gasteiger partial charge in [0, 0.05) is 65.9 Å². The number of halogens is 2. The summed E-state index contributed by atoms with van der Waals surface area (Å²) in [5, 5.41) is 2.15. The third-order valence-electron chi connectivity index (χ3n) is 4.88. The number of nitrogens with one attached hydrogen (secondary N) is 1. The Morgan fingerprint density at radius 3 is 2.48 bits per heavy atom. The predicted molar refractivity (Wildman–Crippen MR) is 108 cm³/mol. The van der Waals surface area contributed by atoms with Crippen LogP contribution in [-0.2, 0) is 13.1 Å². The van der Waals surface area contributed by atoms with Crippen LogP contribution in [0.25, 0.3) is 10.9 Å². The smallest absolute Gasteiger partial charge is 0.0468 e. The van der Waals surface area contributed by atoms with Gasteiger partial charge < -0.3 is 4.98 Å². The summed E-state index contributed by atoms with van der Waals surface area (Å²) in [7, 11) is 0. The number of aromatic nitrogens is 1. The fraction of sp³-hybridized carbons (Fsp3) is 0.300. The number of hydrogen-bond acceptors (Lipinski definition) is 2. The van der Waals surface area contributed by atoms with Crippen molar-refractivity contribution in [3.8, 4) is 0 Å². The highest BCUT2D eigenvalue weighted by Crippen LogP contribution is 2.24. The first-order valence-corrected chi connectivity index (χ1v) is 9.79. The van der Waals surface area contributed by atoms with E-state index in [-0.39, 0.29) is 0 Å². The number of rotatable bonds is 4. The van der Waals surface area contributed by atoms with Crippen molar-refractivity contribution in [2.75, 3.05) is 26.2 Å².